The fourth-order valence-corrected chi connectivity index (χ4v) is 6.34. The molecule has 0 aromatic rings. The lowest BCUT2D eigenvalue weighted by molar-refractivity contribution is -0.161. The summed E-state index contributed by atoms with van der Waals surface area (Å²) < 4.78 is 10.6. The van der Waals surface area contributed by atoms with Crippen molar-refractivity contribution in [2.75, 3.05) is 13.2 Å². The molecule has 5 nitrogen and oxygen atoms in total. The van der Waals surface area contributed by atoms with Crippen molar-refractivity contribution >= 4 is 11.9 Å². The molecule has 1 N–H and O–H groups in total. The Labute approximate surface area is 293 Å². The van der Waals surface area contributed by atoms with E-state index in [-0.39, 0.29) is 25.2 Å². The van der Waals surface area contributed by atoms with Crippen molar-refractivity contribution in [1.29, 1.82) is 0 Å². The van der Waals surface area contributed by atoms with Gasteiger partial charge >= 0.3 is 11.9 Å². The van der Waals surface area contributed by atoms with Crippen LogP contribution in [0.5, 0.6) is 0 Å². The minimum absolute atomic E-state index is 0.0582. The second-order valence-corrected chi connectivity index (χ2v) is 15.4. The number of rotatable bonds is 37. The summed E-state index contributed by atoms with van der Waals surface area (Å²) in [6, 6.07) is 0. The molecule has 5 heteroatoms. The summed E-state index contributed by atoms with van der Waals surface area (Å²) in [5.41, 5.74) is 0. The van der Waals surface area contributed by atoms with Gasteiger partial charge in [0.15, 0.2) is 6.10 Å². The van der Waals surface area contributed by atoms with Gasteiger partial charge in [-0.3, -0.25) is 9.59 Å². The van der Waals surface area contributed by atoms with Gasteiger partial charge in [-0.05, 0) is 24.7 Å². The Bertz CT molecular complexity index is 661. The average Bonchev–Trinajstić information content (AvgIpc) is 3.04. The van der Waals surface area contributed by atoms with Crippen LogP contribution in [0.25, 0.3) is 0 Å². The number of carbonyl (C=O) groups excluding carboxylic acids is 2. The van der Waals surface area contributed by atoms with Gasteiger partial charge in [0, 0.05) is 12.8 Å². The maximum Gasteiger partial charge on any atom is 0.306 e. The van der Waals surface area contributed by atoms with Gasteiger partial charge in [-0.25, -0.2) is 0 Å². The van der Waals surface area contributed by atoms with Gasteiger partial charge < -0.3 is 14.6 Å². The van der Waals surface area contributed by atoms with E-state index >= 15 is 0 Å². The molecular weight excluding hydrogens is 584 g/mol. The summed E-state index contributed by atoms with van der Waals surface area (Å²) in [6.07, 6.45) is 37.4. The van der Waals surface area contributed by atoms with Crippen LogP contribution in [0.1, 0.15) is 227 Å². The van der Waals surface area contributed by atoms with Crippen molar-refractivity contribution in [1.82, 2.24) is 0 Å². The zero-order valence-electron chi connectivity index (χ0n) is 32.1. The third-order valence-corrected chi connectivity index (χ3v) is 9.51. The van der Waals surface area contributed by atoms with E-state index in [4.69, 9.17) is 9.47 Å². The van der Waals surface area contributed by atoms with Crippen molar-refractivity contribution in [2.24, 2.45) is 11.8 Å². The second-order valence-electron chi connectivity index (χ2n) is 15.4. The smallest absolute Gasteiger partial charge is 0.306 e. The molecule has 0 aliphatic heterocycles. The maximum atomic E-state index is 12.2. The lowest BCUT2D eigenvalue weighted by Crippen LogP contribution is -2.28. The van der Waals surface area contributed by atoms with Gasteiger partial charge in [-0.15, -0.1) is 0 Å². The Morgan fingerprint density at radius 2 is 0.702 bits per heavy atom. The molecule has 0 fully saturated rings. The minimum Gasteiger partial charge on any atom is -0.462 e. The molecule has 0 aliphatic rings. The van der Waals surface area contributed by atoms with Crippen LogP contribution in [0.3, 0.4) is 0 Å². The van der Waals surface area contributed by atoms with Crippen molar-refractivity contribution in [3.63, 3.8) is 0 Å². The first-order chi connectivity index (χ1) is 22.8. The second kappa shape index (κ2) is 36.2. The predicted octanol–water partition coefficient (Wildman–Crippen LogP) is 12.8. The van der Waals surface area contributed by atoms with Gasteiger partial charge in [-0.2, -0.15) is 0 Å². The first-order valence-corrected chi connectivity index (χ1v) is 20.8. The van der Waals surface area contributed by atoms with Gasteiger partial charge in [0.1, 0.15) is 6.61 Å². The van der Waals surface area contributed by atoms with Crippen molar-refractivity contribution < 1.29 is 24.2 Å². The van der Waals surface area contributed by atoms with Gasteiger partial charge in [0.2, 0.25) is 0 Å². The van der Waals surface area contributed by atoms with Crippen molar-refractivity contribution in [2.45, 2.75) is 233 Å². The van der Waals surface area contributed by atoms with E-state index in [0.717, 1.165) is 43.9 Å². The van der Waals surface area contributed by atoms with Crippen LogP contribution >= 0.6 is 0 Å². The van der Waals surface area contributed by atoms with Crippen LogP contribution in [0.2, 0.25) is 0 Å². The van der Waals surface area contributed by atoms with E-state index in [1.807, 2.05) is 0 Å². The number of hydrogen-bond donors (Lipinski definition) is 1. The van der Waals surface area contributed by atoms with Crippen LogP contribution in [0.15, 0.2) is 0 Å². The molecule has 280 valence electrons. The summed E-state index contributed by atoms with van der Waals surface area (Å²) in [4.78, 5) is 24.3. The SMILES string of the molecule is CC(C)CCCCCCCCCCCCCCCCC(=O)O[C@@H](CO)COC(=O)CCCCCCCCCCCCCCCC(C)C. The molecule has 0 amide bonds. The third-order valence-electron chi connectivity index (χ3n) is 9.51. The molecule has 0 radical (unpaired) electrons. The number of aliphatic hydroxyl groups is 1. The monoisotopic (exact) mass is 667 g/mol. The molecule has 0 bridgehead atoms. The summed E-state index contributed by atoms with van der Waals surface area (Å²) in [5.74, 6) is 1.12. The van der Waals surface area contributed by atoms with Crippen LogP contribution in [-0.4, -0.2) is 36.4 Å². The van der Waals surface area contributed by atoms with Gasteiger partial charge in [0.05, 0.1) is 6.61 Å². The highest BCUT2D eigenvalue weighted by Crippen LogP contribution is 2.17. The summed E-state index contributed by atoms with van der Waals surface area (Å²) in [7, 11) is 0. The zero-order valence-corrected chi connectivity index (χ0v) is 32.1. The Balaban J connectivity index is 3.49. The Kier molecular flexibility index (Phi) is 35.3. The number of hydrogen-bond acceptors (Lipinski definition) is 5. The Morgan fingerprint density at radius 1 is 0.426 bits per heavy atom. The highest BCUT2D eigenvalue weighted by molar-refractivity contribution is 5.70. The molecule has 0 saturated heterocycles. The van der Waals surface area contributed by atoms with Gasteiger partial charge in [0.25, 0.3) is 0 Å². The first kappa shape index (κ1) is 45.9. The normalized spacial score (nSPS) is 12.2. The average molecular weight is 667 g/mol. The molecule has 0 aliphatic carbocycles. The topological polar surface area (TPSA) is 72.8 Å². The maximum absolute atomic E-state index is 12.2. The number of ether oxygens (including phenoxy) is 2. The molecular formula is C42H82O5. The number of esters is 2. The lowest BCUT2D eigenvalue weighted by Gasteiger charge is -2.15. The van der Waals surface area contributed by atoms with E-state index < -0.39 is 6.10 Å². The molecule has 0 rings (SSSR count). The van der Waals surface area contributed by atoms with Crippen LogP contribution in [0.4, 0.5) is 0 Å². The summed E-state index contributed by atoms with van der Waals surface area (Å²) >= 11 is 0. The predicted molar refractivity (Wildman–Crippen MR) is 201 cm³/mol. The molecule has 0 saturated carbocycles. The molecule has 0 unspecified atom stereocenters. The summed E-state index contributed by atoms with van der Waals surface area (Å²) in [5, 5.41) is 9.56. The quantitative estimate of drug-likeness (QED) is 0.0527. The van der Waals surface area contributed by atoms with E-state index in [1.54, 1.807) is 0 Å². The highest BCUT2D eigenvalue weighted by atomic mass is 16.6. The largest absolute Gasteiger partial charge is 0.462 e. The van der Waals surface area contributed by atoms with Crippen LogP contribution in [0, 0.1) is 11.8 Å². The Morgan fingerprint density at radius 3 is 1.00 bits per heavy atom. The molecule has 0 aromatic heterocycles. The van der Waals surface area contributed by atoms with Crippen LogP contribution in [-0.2, 0) is 19.1 Å². The Hall–Kier alpha value is -1.10. The molecule has 0 spiro atoms. The molecule has 1 atom stereocenters. The third kappa shape index (κ3) is 37.6. The highest BCUT2D eigenvalue weighted by Gasteiger charge is 2.16. The minimum atomic E-state index is -0.763. The van der Waals surface area contributed by atoms with E-state index in [0.29, 0.717) is 12.8 Å². The standard InChI is InChI=1S/C42H82O5/c1-38(2)32-28-24-20-16-12-8-5-6-10-15-19-23-27-31-35-42(45)47-40(36-43)37-46-41(44)34-30-26-22-18-14-11-7-9-13-17-21-25-29-33-39(3)4/h38-40,43H,5-37H2,1-4H3/t40-/m0/s1. The fourth-order valence-electron chi connectivity index (χ4n) is 6.34. The first-order valence-electron chi connectivity index (χ1n) is 20.8. The molecule has 47 heavy (non-hydrogen) atoms. The van der Waals surface area contributed by atoms with E-state index in [1.165, 1.54) is 154 Å². The summed E-state index contributed by atoms with van der Waals surface area (Å²) in [6.45, 7) is 8.87. The number of unbranched alkanes of at least 4 members (excludes halogenated alkanes) is 25. The van der Waals surface area contributed by atoms with Crippen molar-refractivity contribution in [3.8, 4) is 0 Å². The van der Waals surface area contributed by atoms with Crippen molar-refractivity contribution in [3.05, 3.63) is 0 Å². The fraction of sp³-hybridized carbons (Fsp3) is 0.952. The molecule has 0 heterocycles. The number of carbonyl (C=O) groups is 2. The van der Waals surface area contributed by atoms with Gasteiger partial charge in [-0.1, -0.05) is 201 Å². The zero-order chi connectivity index (χ0) is 34.6. The molecule has 0 aromatic carbocycles. The van der Waals surface area contributed by atoms with E-state index in [2.05, 4.69) is 27.7 Å². The number of aliphatic hydroxyl groups excluding tert-OH is 1. The lowest BCUT2D eigenvalue weighted by atomic mass is 10.0. The van der Waals surface area contributed by atoms with E-state index in [9.17, 15) is 14.7 Å². The van der Waals surface area contributed by atoms with Crippen LogP contribution < -0.4 is 0 Å².